The highest BCUT2D eigenvalue weighted by Crippen LogP contribution is 2.39. The Bertz CT molecular complexity index is 428. The van der Waals surface area contributed by atoms with E-state index in [2.05, 4.69) is 5.32 Å². The zero-order valence-corrected chi connectivity index (χ0v) is 11.9. The van der Waals surface area contributed by atoms with Crippen LogP contribution in [-0.4, -0.2) is 26.8 Å². The van der Waals surface area contributed by atoms with E-state index in [4.69, 9.17) is 21.1 Å². The number of hydrogen-bond acceptors (Lipinski definition) is 3. The zero-order valence-electron chi connectivity index (χ0n) is 11.2. The lowest BCUT2D eigenvalue weighted by Gasteiger charge is -2.17. The van der Waals surface area contributed by atoms with Crippen LogP contribution in [0.5, 0.6) is 11.5 Å². The molecule has 1 aliphatic heterocycles. The summed E-state index contributed by atoms with van der Waals surface area (Å²) in [5.41, 5.74) is 2.32. The van der Waals surface area contributed by atoms with Crippen molar-refractivity contribution in [2.75, 3.05) is 20.8 Å². The maximum atomic E-state index is 6.34. The van der Waals surface area contributed by atoms with Gasteiger partial charge < -0.3 is 14.8 Å². The first-order valence-corrected chi connectivity index (χ1v) is 6.68. The predicted molar refractivity (Wildman–Crippen MR) is 74.0 cm³/mol. The normalized spacial score (nSPS) is 19.0. The van der Waals surface area contributed by atoms with Crippen LogP contribution in [0, 0.1) is 6.92 Å². The number of ether oxygens (including phenoxy) is 2. The van der Waals surface area contributed by atoms with E-state index in [9.17, 15) is 0 Å². The van der Waals surface area contributed by atoms with Crippen molar-refractivity contribution in [1.82, 2.24) is 5.32 Å². The van der Waals surface area contributed by atoms with Crippen molar-refractivity contribution in [3.8, 4) is 11.5 Å². The third-order valence-corrected chi connectivity index (χ3v) is 4.05. The van der Waals surface area contributed by atoms with Gasteiger partial charge in [0, 0.05) is 6.04 Å². The first kappa shape index (κ1) is 13.5. The van der Waals surface area contributed by atoms with Crippen LogP contribution in [0.3, 0.4) is 0 Å². The Morgan fingerprint density at radius 1 is 1.39 bits per heavy atom. The number of hydrogen-bond donors (Lipinski definition) is 1. The van der Waals surface area contributed by atoms with Crippen LogP contribution in [0.4, 0.5) is 0 Å². The van der Waals surface area contributed by atoms with E-state index in [0.29, 0.717) is 22.6 Å². The summed E-state index contributed by atoms with van der Waals surface area (Å²) in [5, 5.41) is 4.16. The molecule has 1 aliphatic rings. The summed E-state index contributed by atoms with van der Waals surface area (Å²) < 4.78 is 10.6. The molecule has 0 aliphatic carbocycles. The smallest absolute Gasteiger partial charge is 0.179 e. The molecule has 0 spiro atoms. The van der Waals surface area contributed by atoms with Crippen molar-refractivity contribution in [3.05, 3.63) is 22.2 Å². The SMILES string of the molecule is COc1cc(CC2CCCN2)c(C)c(Cl)c1OC. The molecule has 0 saturated carbocycles. The largest absolute Gasteiger partial charge is 0.493 e. The minimum absolute atomic E-state index is 0.554. The highest BCUT2D eigenvalue weighted by atomic mass is 35.5. The quantitative estimate of drug-likeness (QED) is 0.912. The zero-order chi connectivity index (χ0) is 13.1. The number of methoxy groups -OCH3 is 2. The van der Waals surface area contributed by atoms with Gasteiger partial charge in [0.15, 0.2) is 11.5 Å². The summed E-state index contributed by atoms with van der Waals surface area (Å²) in [5.74, 6) is 1.33. The topological polar surface area (TPSA) is 30.5 Å². The molecule has 0 amide bonds. The molecule has 1 aromatic carbocycles. The third-order valence-electron chi connectivity index (χ3n) is 3.59. The molecule has 1 aromatic rings. The minimum atomic E-state index is 0.554. The molecule has 3 nitrogen and oxygen atoms in total. The summed E-state index contributed by atoms with van der Waals surface area (Å²) in [6.45, 7) is 3.15. The fourth-order valence-electron chi connectivity index (χ4n) is 2.50. The molecule has 1 heterocycles. The van der Waals surface area contributed by atoms with E-state index in [1.807, 2.05) is 13.0 Å². The Hall–Kier alpha value is -0.930. The van der Waals surface area contributed by atoms with Crippen LogP contribution in [0.25, 0.3) is 0 Å². The summed E-state index contributed by atoms with van der Waals surface area (Å²) in [6.07, 6.45) is 3.47. The van der Waals surface area contributed by atoms with E-state index >= 15 is 0 Å². The second kappa shape index (κ2) is 5.81. The Kier molecular flexibility index (Phi) is 4.36. The van der Waals surface area contributed by atoms with Gasteiger partial charge in [0.2, 0.25) is 0 Å². The molecule has 1 N–H and O–H groups in total. The molecule has 18 heavy (non-hydrogen) atoms. The van der Waals surface area contributed by atoms with E-state index in [1.165, 1.54) is 18.4 Å². The van der Waals surface area contributed by atoms with E-state index < -0.39 is 0 Å². The lowest BCUT2D eigenvalue weighted by molar-refractivity contribution is 0.354. The fraction of sp³-hybridized carbons (Fsp3) is 0.571. The van der Waals surface area contributed by atoms with Crippen LogP contribution in [0.1, 0.15) is 24.0 Å². The lowest BCUT2D eigenvalue weighted by Crippen LogP contribution is -2.24. The van der Waals surface area contributed by atoms with Gasteiger partial charge in [0.25, 0.3) is 0 Å². The van der Waals surface area contributed by atoms with Crippen molar-refractivity contribution in [1.29, 1.82) is 0 Å². The summed E-state index contributed by atoms with van der Waals surface area (Å²) in [4.78, 5) is 0. The number of rotatable bonds is 4. The first-order chi connectivity index (χ1) is 8.67. The molecule has 1 unspecified atom stereocenters. The van der Waals surface area contributed by atoms with Crippen molar-refractivity contribution in [2.45, 2.75) is 32.2 Å². The molecule has 2 rings (SSSR count). The van der Waals surface area contributed by atoms with Gasteiger partial charge in [-0.05, 0) is 49.9 Å². The molecule has 1 atom stereocenters. The molecule has 0 radical (unpaired) electrons. The van der Waals surface area contributed by atoms with Crippen LogP contribution < -0.4 is 14.8 Å². The number of halogens is 1. The number of benzene rings is 1. The van der Waals surface area contributed by atoms with Gasteiger partial charge in [-0.25, -0.2) is 0 Å². The van der Waals surface area contributed by atoms with Crippen molar-refractivity contribution in [3.63, 3.8) is 0 Å². The lowest BCUT2D eigenvalue weighted by atomic mass is 9.99. The Morgan fingerprint density at radius 2 is 2.17 bits per heavy atom. The second-order valence-electron chi connectivity index (χ2n) is 4.71. The minimum Gasteiger partial charge on any atom is -0.493 e. The van der Waals surface area contributed by atoms with Crippen LogP contribution in [0.15, 0.2) is 6.07 Å². The average Bonchev–Trinajstić information content (AvgIpc) is 2.87. The molecule has 0 aromatic heterocycles. The fourth-order valence-corrected chi connectivity index (χ4v) is 2.79. The van der Waals surface area contributed by atoms with Crippen LogP contribution in [0.2, 0.25) is 5.02 Å². The van der Waals surface area contributed by atoms with Gasteiger partial charge in [-0.15, -0.1) is 0 Å². The monoisotopic (exact) mass is 269 g/mol. The van der Waals surface area contributed by atoms with Crippen molar-refractivity contribution < 1.29 is 9.47 Å². The van der Waals surface area contributed by atoms with Gasteiger partial charge in [-0.1, -0.05) is 11.6 Å². The molecule has 4 heteroatoms. The highest BCUT2D eigenvalue weighted by molar-refractivity contribution is 6.33. The second-order valence-corrected chi connectivity index (χ2v) is 5.09. The van der Waals surface area contributed by atoms with Gasteiger partial charge in [0.05, 0.1) is 19.2 Å². The van der Waals surface area contributed by atoms with E-state index in [-0.39, 0.29) is 0 Å². The van der Waals surface area contributed by atoms with Crippen molar-refractivity contribution >= 4 is 11.6 Å². The van der Waals surface area contributed by atoms with Gasteiger partial charge >= 0.3 is 0 Å². The predicted octanol–water partition coefficient (Wildman–Crippen LogP) is 2.96. The molecular formula is C14H20ClNO2. The Morgan fingerprint density at radius 3 is 2.72 bits per heavy atom. The molecular weight excluding hydrogens is 250 g/mol. The van der Waals surface area contributed by atoms with Crippen LogP contribution >= 0.6 is 11.6 Å². The number of nitrogens with one attached hydrogen (secondary N) is 1. The van der Waals surface area contributed by atoms with Crippen LogP contribution in [-0.2, 0) is 6.42 Å². The Balaban J connectivity index is 2.32. The third kappa shape index (κ3) is 2.57. The van der Waals surface area contributed by atoms with Gasteiger partial charge in [-0.3, -0.25) is 0 Å². The maximum absolute atomic E-state index is 6.34. The maximum Gasteiger partial charge on any atom is 0.179 e. The Labute approximate surface area is 113 Å². The van der Waals surface area contributed by atoms with Crippen molar-refractivity contribution in [2.24, 2.45) is 0 Å². The van der Waals surface area contributed by atoms with E-state index in [0.717, 1.165) is 18.5 Å². The van der Waals surface area contributed by atoms with Gasteiger partial charge in [-0.2, -0.15) is 0 Å². The standard InChI is InChI=1S/C14H20ClNO2/c1-9-10(7-11-5-4-6-16-11)8-12(17-2)14(18-3)13(9)15/h8,11,16H,4-7H2,1-3H3. The molecule has 0 bridgehead atoms. The highest BCUT2D eigenvalue weighted by Gasteiger charge is 2.20. The summed E-state index contributed by atoms with van der Waals surface area (Å²) >= 11 is 6.34. The summed E-state index contributed by atoms with van der Waals surface area (Å²) in [7, 11) is 3.25. The molecule has 1 fully saturated rings. The average molecular weight is 270 g/mol. The first-order valence-electron chi connectivity index (χ1n) is 6.30. The molecule has 100 valence electrons. The molecule has 1 saturated heterocycles. The van der Waals surface area contributed by atoms with Gasteiger partial charge in [0.1, 0.15) is 0 Å². The summed E-state index contributed by atoms with van der Waals surface area (Å²) in [6, 6.07) is 2.60. The van der Waals surface area contributed by atoms with E-state index in [1.54, 1.807) is 14.2 Å².